The highest BCUT2D eigenvalue weighted by Gasteiger charge is 2.19. The molecule has 0 spiro atoms. The molecule has 0 unspecified atom stereocenters. The van der Waals surface area contributed by atoms with Gasteiger partial charge in [0.1, 0.15) is 12.1 Å². The average molecular weight is 424 g/mol. The van der Waals surface area contributed by atoms with Crippen molar-refractivity contribution >= 4 is 5.91 Å². The summed E-state index contributed by atoms with van der Waals surface area (Å²) in [7, 11) is 0. The molecule has 0 aliphatic heterocycles. The largest absolute Gasteiger partial charge is 0.447 e. The zero-order valence-electron chi connectivity index (χ0n) is 18.7. The number of amides is 1. The number of benzene rings is 2. The topological polar surface area (TPSA) is 49.6 Å². The summed E-state index contributed by atoms with van der Waals surface area (Å²) < 4.78 is 19.0. The van der Waals surface area contributed by atoms with Crippen LogP contribution < -0.4 is 0 Å². The van der Waals surface area contributed by atoms with Gasteiger partial charge < -0.3 is 9.32 Å². The fourth-order valence-corrected chi connectivity index (χ4v) is 3.63. The van der Waals surface area contributed by atoms with Crippen LogP contribution in [0.2, 0.25) is 0 Å². The van der Waals surface area contributed by atoms with Crippen LogP contribution in [-0.4, -0.2) is 33.8 Å². The van der Waals surface area contributed by atoms with Gasteiger partial charge in [-0.05, 0) is 56.5 Å². The summed E-state index contributed by atoms with van der Waals surface area (Å²) in [6, 6.07) is 12.9. The number of nitrogens with zero attached hydrogens (tertiary/aromatic N) is 3. The molecule has 1 amide bonds. The van der Waals surface area contributed by atoms with Crippen LogP contribution in [0.3, 0.4) is 0 Å². The van der Waals surface area contributed by atoms with Crippen LogP contribution in [0.1, 0.15) is 52.5 Å². The minimum atomic E-state index is -0.253. The van der Waals surface area contributed by atoms with E-state index in [9.17, 15) is 9.18 Å². The lowest BCUT2D eigenvalue weighted by molar-refractivity contribution is 0.0767. The van der Waals surface area contributed by atoms with Gasteiger partial charge in [0.2, 0.25) is 5.89 Å². The second-order valence-electron chi connectivity index (χ2n) is 7.81. The number of carbonyl (C=O) groups is 1. The maximum Gasteiger partial charge on any atom is 0.275 e. The zero-order valence-corrected chi connectivity index (χ0v) is 18.7. The molecule has 1 heterocycles. The molecule has 0 radical (unpaired) electrons. The molecule has 0 N–H and O–H groups in total. The van der Waals surface area contributed by atoms with Crippen molar-refractivity contribution in [1.29, 1.82) is 0 Å². The van der Waals surface area contributed by atoms with Crippen LogP contribution in [-0.2, 0) is 19.6 Å². The van der Waals surface area contributed by atoms with Gasteiger partial charge in [-0.3, -0.25) is 9.69 Å². The lowest BCUT2D eigenvalue weighted by Gasteiger charge is -2.22. The van der Waals surface area contributed by atoms with Crippen LogP contribution in [0.5, 0.6) is 0 Å². The fraction of sp³-hybridized carbons (Fsp3) is 0.360. The number of aromatic nitrogens is 1. The summed E-state index contributed by atoms with van der Waals surface area (Å²) in [6.07, 6.45) is 1.43. The van der Waals surface area contributed by atoms with E-state index in [1.807, 2.05) is 13.8 Å². The summed E-state index contributed by atoms with van der Waals surface area (Å²) in [4.78, 5) is 20.9. The number of oxazole rings is 1. The van der Waals surface area contributed by atoms with E-state index in [0.29, 0.717) is 44.3 Å². The Hall–Kier alpha value is -2.99. The second kappa shape index (κ2) is 10.4. The Kier molecular flexibility index (Phi) is 7.58. The van der Waals surface area contributed by atoms with Gasteiger partial charge in [0.25, 0.3) is 5.91 Å². The number of hydrogen-bond acceptors (Lipinski definition) is 4. The van der Waals surface area contributed by atoms with Crippen molar-refractivity contribution in [2.24, 2.45) is 0 Å². The number of halogens is 1. The normalized spacial score (nSPS) is 11.2. The Morgan fingerprint density at radius 2 is 1.71 bits per heavy atom. The summed E-state index contributed by atoms with van der Waals surface area (Å²) in [5.74, 6) is 0.110. The van der Waals surface area contributed by atoms with Crippen molar-refractivity contribution in [3.63, 3.8) is 0 Å². The third kappa shape index (κ3) is 6.01. The molecule has 0 bridgehead atoms. The van der Waals surface area contributed by atoms with Crippen LogP contribution in [0.4, 0.5) is 4.39 Å². The molecule has 0 fully saturated rings. The van der Waals surface area contributed by atoms with Gasteiger partial charge >= 0.3 is 0 Å². The van der Waals surface area contributed by atoms with Crippen molar-refractivity contribution < 1.29 is 13.6 Å². The second-order valence-corrected chi connectivity index (χ2v) is 7.81. The van der Waals surface area contributed by atoms with Crippen LogP contribution >= 0.6 is 0 Å². The van der Waals surface area contributed by atoms with Crippen LogP contribution in [0.25, 0.3) is 0 Å². The highest BCUT2D eigenvalue weighted by atomic mass is 19.1. The molecule has 3 rings (SSSR count). The molecule has 6 heteroatoms. The fourth-order valence-electron chi connectivity index (χ4n) is 3.63. The predicted octanol–water partition coefficient (Wildman–Crippen LogP) is 5.11. The van der Waals surface area contributed by atoms with Crippen molar-refractivity contribution in [2.45, 2.75) is 47.3 Å². The van der Waals surface area contributed by atoms with Crippen LogP contribution in [0.15, 0.2) is 53.1 Å². The number of aryl methyl sites for hydroxylation is 2. The van der Waals surface area contributed by atoms with E-state index in [2.05, 4.69) is 41.9 Å². The molecule has 164 valence electrons. The highest BCUT2D eigenvalue weighted by molar-refractivity contribution is 5.91. The minimum Gasteiger partial charge on any atom is -0.447 e. The quantitative estimate of drug-likeness (QED) is 0.480. The summed E-state index contributed by atoms with van der Waals surface area (Å²) in [6.45, 7) is 11.0. The van der Waals surface area contributed by atoms with Crippen molar-refractivity contribution in [2.75, 3.05) is 13.1 Å². The van der Waals surface area contributed by atoms with Gasteiger partial charge in [-0.25, -0.2) is 9.37 Å². The van der Waals surface area contributed by atoms with Crippen molar-refractivity contribution in [1.82, 2.24) is 14.8 Å². The molecular weight excluding hydrogens is 393 g/mol. The molecule has 0 saturated heterocycles. The van der Waals surface area contributed by atoms with Crippen LogP contribution in [0, 0.1) is 19.7 Å². The molecule has 2 aromatic carbocycles. The molecule has 0 atom stereocenters. The number of rotatable bonds is 9. The van der Waals surface area contributed by atoms with E-state index in [-0.39, 0.29) is 11.7 Å². The van der Waals surface area contributed by atoms with Crippen molar-refractivity contribution in [3.05, 3.63) is 88.4 Å². The molecule has 0 aliphatic carbocycles. The first kappa shape index (κ1) is 22.7. The average Bonchev–Trinajstić information content (AvgIpc) is 3.21. The standard InChI is InChI=1S/C25H30FN3O2/c1-5-29(6-2)25(30)23-17-31-24(27-23)16-28(14-20-8-11-22(26)12-9-20)15-21-10-7-18(3)13-19(21)4/h7-13,17H,5-6,14-16H2,1-4H3. The van der Waals surface area contributed by atoms with E-state index >= 15 is 0 Å². The first-order chi connectivity index (χ1) is 14.9. The SMILES string of the molecule is CCN(CC)C(=O)c1coc(CN(Cc2ccc(F)cc2)Cc2ccc(C)cc2C)n1. The Bertz CT molecular complexity index is 1010. The molecule has 5 nitrogen and oxygen atoms in total. The molecule has 3 aromatic rings. The van der Waals surface area contributed by atoms with E-state index in [4.69, 9.17) is 4.42 Å². The monoisotopic (exact) mass is 423 g/mol. The van der Waals surface area contributed by atoms with Crippen molar-refractivity contribution in [3.8, 4) is 0 Å². The van der Waals surface area contributed by atoms with E-state index in [0.717, 1.165) is 5.56 Å². The number of carbonyl (C=O) groups excluding carboxylic acids is 1. The van der Waals surface area contributed by atoms with Gasteiger partial charge in [-0.2, -0.15) is 0 Å². The molecule has 31 heavy (non-hydrogen) atoms. The molecule has 1 aromatic heterocycles. The highest BCUT2D eigenvalue weighted by Crippen LogP contribution is 2.18. The Morgan fingerprint density at radius 3 is 2.35 bits per heavy atom. The van der Waals surface area contributed by atoms with E-state index in [1.165, 1.54) is 35.1 Å². The Balaban J connectivity index is 1.80. The maximum absolute atomic E-state index is 13.3. The smallest absolute Gasteiger partial charge is 0.275 e. The predicted molar refractivity (Wildman–Crippen MR) is 119 cm³/mol. The van der Waals surface area contributed by atoms with Gasteiger partial charge in [-0.1, -0.05) is 35.9 Å². The minimum absolute atomic E-state index is 0.125. The van der Waals surface area contributed by atoms with Gasteiger partial charge in [-0.15, -0.1) is 0 Å². The lowest BCUT2D eigenvalue weighted by Crippen LogP contribution is -2.30. The first-order valence-corrected chi connectivity index (χ1v) is 10.7. The van der Waals surface area contributed by atoms with Gasteiger partial charge in [0.15, 0.2) is 5.69 Å². The van der Waals surface area contributed by atoms with E-state index in [1.54, 1.807) is 17.0 Å². The van der Waals surface area contributed by atoms with E-state index < -0.39 is 0 Å². The lowest BCUT2D eigenvalue weighted by atomic mass is 10.0. The summed E-state index contributed by atoms with van der Waals surface area (Å²) in [5, 5.41) is 0. The first-order valence-electron chi connectivity index (χ1n) is 10.7. The van der Waals surface area contributed by atoms with Gasteiger partial charge in [0, 0.05) is 26.2 Å². The third-order valence-corrected chi connectivity index (χ3v) is 5.39. The maximum atomic E-state index is 13.3. The molecule has 0 aliphatic rings. The Morgan fingerprint density at radius 1 is 1.00 bits per heavy atom. The molecule has 0 saturated carbocycles. The number of hydrogen-bond donors (Lipinski definition) is 0. The third-order valence-electron chi connectivity index (χ3n) is 5.39. The zero-order chi connectivity index (χ0) is 22.4. The summed E-state index contributed by atoms with van der Waals surface area (Å²) >= 11 is 0. The van der Waals surface area contributed by atoms with Gasteiger partial charge in [0.05, 0.1) is 6.54 Å². The molecular formula is C25H30FN3O2. The Labute approximate surface area is 183 Å². The summed E-state index contributed by atoms with van der Waals surface area (Å²) in [5.41, 5.74) is 4.97.